The van der Waals surface area contributed by atoms with Crippen molar-refractivity contribution < 1.29 is 19.1 Å². The van der Waals surface area contributed by atoms with Crippen molar-refractivity contribution in [2.45, 2.75) is 16.7 Å². The van der Waals surface area contributed by atoms with Crippen LogP contribution in [-0.2, 0) is 9.53 Å². The molecule has 3 aromatic rings. The minimum Gasteiger partial charge on any atom is -0.462 e. The molecule has 4 rings (SSSR count). The molecule has 162 valence electrons. The van der Waals surface area contributed by atoms with E-state index in [1.165, 1.54) is 16.7 Å². The van der Waals surface area contributed by atoms with E-state index in [1.54, 1.807) is 61.5 Å². The zero-order valence-electron chi connectivity index (χ0n) is 17.1. The second-order valence-electron chi connectivity index (χ2n) is 6.95. The van der Waals surface area contributed by atoms with Crippen LogP contribution >= 0.6 is 23.4 Å². The Hall–Kier alpha value is -3.29. The van der Waals surface area contributed by atoms with Gasteiger partial charge in [-0.3, -0.25) is 14.5 Å². The van der Waals surface area contributed by atoms with Gasteiger partial charge in [-0.2, -0.15) is 0 Å². The average molecular weight is 467 g/mol. The SMILES string of the molecule is CCOC(=O)c1ccc2c(c1)N(CC(=O)Nc1cccc(Cl)c1)C(=O)c1ccccc1S2. The van der Waals surface area contributed by atoms with Gasteiger partial charge in [0, 0.05) is 20.5 Å². The molecule has 0 bridgehead atoms. The van der Waals surface area contributed by atoms with Crippen LogP contribution in [0.2, 0.25) is 5.02 Å². The smallest absolute Gasteiger partial charge is 0.338 e. The summed E-state index contributed by atoms with van der Waals surface area (Å²) >= 11 is 7.41. The minimum absolute atomic E-state index is 0.237. The Morgan fingerprint density at radius 2 is 1.84 bits per heavy atom. The third kappa shape index (κ3) is 4.64. The largest absolute Gasteiger partial charge is 0.462 e. The highest BCUT2D eigenvalue weighted by atomic mass is 35.5. The lowest BCUT2D eigenvalue weighted by molar-refractivity contribution is -0.114. The Morgan fingerprint density at radius 3 is 2.62 bits per heavy atom. The fourth-order valence-electron chi connectivity index (χ4n) is 3.33. The standard InChI is InChI=1S/C24H19ClN2O4S/c1-2-31-24(30)15-10-11-21-19(12-15)27(23(29)18-8-3-4-9-20(18)32-21)14-22(28)26-17-7-5-6-16(25)13-17/h3-13H,2,14H2,1H3,(H,26,28). The number of hydrogen-bond donors (Lipinski definition) is 1. The number of nitrogens with zero attached hydrogens (tertiary/aromatic N) is 1. The first-order chi connectivity index (χ1) is 15.5. The van der Waals surface area contributed by atoms with E-state index in [0.717, 1.165) is 9.79 Å². The first kappa shape index (κ1) is 21.9. The lowest BCUT2D eigenvalue weighted by atomic mass is 10.1. The van der Waals surface area contributed by atoms with Gasteiger partial charge in [0.25, 0.3) is 5.91 Å². The lowest BCUT2D eigenvalue weighted by Gasteiger charge is -2.23. The number of amides is 2. The van der Waals surface area contributed by atoms with E-state index in [9.17, 15) is 14.4 Å². The molecule has 0 saturated heterocycles. The molecule has 0 atom stereocenters. The molecule has 0 spiro atoms. The number of carbonyl (C=O) groups excluding carboxylic acids is 3. The van der Waals surface area contributed by atoms with E-state index in [4.69, 9.17) is 16.3 Å². The van der Waals surface area contributed by atoms with Crippen LogP contribution in [0.25, 0.3) is 0 Å². The maximum absolute atomic E-state index is 13.4. The van der Waals surface area contributed by atoms with Crippen molar-refractivity contribution in [2.24, 2.45) is 0 Å². The van der Waals surface area contributed by atoms with Gasteiger partial charge in [-0.05, 0) is 55.5 Å². The van der Waals surface area contributed by atoms with E-state index in [-0.39, 0.29) is 19.1 Å². The third-order valence-corrected chi connectivity index (χ3v) is 6.13. The zero-order chi connectivity index (χ0) is 22.7. The van der Waals surface area contributed by atoms with Crippen LogP contribution in [0.5, 0.6) is 0 Å². The van der Waals surface area contributed by atoms with E-state index in [2.05, 4.69) is 5.32 Å². The number of halogens is 1. The normalized spacial score (nSPS) is 12.4. The summed E-state index contributed by atoms with van der Waals surface area (Å²) in [7, 11) is 0. The summed E-state index contributed by atoms with van der Waals surface area (Å²) < 4.78 is 5.10. The van der Waals surface area contributed by atoms with Gasteiger partial charge >= 0.3 is 5.97 Å². The molecule has 1 aliphatic rings. The Bertz CT molecular complexity index is 1210. The van der Waals surface area contributed by atoms with Crippen molar-refractivity contribution in [1.82, 2.24) is 0 Å². The van der Waals surface area contributed by atoms with Crippen molar-refractivity contribution in [1.29, 1.82) is 0 Å². The number of carbonyl (C=O) groups is 3. The number of hydrogen-bond acceptors (Lipinski definition) is 5. The van der Waals surface area contributed by atoms with Gasteiger partial charge in [-0.1, -0.05) is 41.6 Å². The minimum atomic E-state index is -0.488. The first-order valence-electron chi connectivity index (χ1n) is 9.91. The molecule has 3 aromatic carbocycles. The predicted octanol–water partition coefficient (Wildman–Crippen LogP) is 5.27. The van der Waals surface area contributed by atoms with Crippen molar-refractivity contribution in [3.63, 3.8) is 0 Å². The maximum atomic E-state index is 13.4. The zero-order valence-corrected chi connectivity index (χ0v) is 18.7. The number of esters is 1. The molecular weight excluding hydrogens is 448 g/mol. The van der Waals surface area contributed by atoms with Gasteiger partial charge in [0.2, 0.25) is 5.91 Å². The van der Waals surface area contributed by atoms with Gasteiger partial charge in [0.05, 0.1) is 23.4 Å². The van der Waals surface area contributed by atoms with Gasteiger partial charge in [0.1, 0.15) is 6.54 Å². The van der Waals surface area contributed by atoms with E-state index < -0.39 is 11.9 Å². The highest BCUT2D eigenvalue weighted by Gasteiger charge is 2.29. The highest BCUT2D eigenvalue weighted by molar-refractivity contribution is 7.99. The summed E-state index contributed by atoms with van der Waals surface area (Å²) in [6, 6.07) is 19.0. The summed E-state index contributed by atoms with van der Waals surface area (Å²) in [6.07, 6.45) is 0. The van der Waals surface area contributed by atoms with Crippen LogP contribution < -0.4 is 10.2 Å². The fourth-order valence-corrected chi connectivity index (χ4v) is 4.58. The summed E-state index contributed by atoms with van der Waals surface area (Å²) in [5, 5.41) is 3.26. The van der Waals surface area contributed by atoms with Gasteiger partial charge in [-0.25, -0.2) is 4.79 Å². The maximum Gasteiger partial charge on any atom is 0.338 e. The summed E-state index contributed by atoms with van der Waals surface area (Å²) in [6.45, 7) is 1.73. The molecule has 8 heteroatoms. The van der Waals surface area contributed by atoms with Gasteiger partial charge < -0.3 is 10.1 Å². The number of benzene rings is 3. The van der Waals surface area contributed by atoms with E-state index in [0.29, 0.717) is 27.5 Å². The second kappa shape index (κ2) is 9.46. The topological polar surface area (TPSA) is 75.7 Å². The third-order valence-electron chi connectivity index (χ3n) is 4.75. The predicted molar refractivity (Wildman–Crippen MR) is 125 cm³/mol. The molecule has 6 nitrogen and oxygen atoms in total. The fraction of sp³-hybridized carbons (Fsp3) is 0.125. The second-order valence-corrected chi connectivity index (χ2v) is 8.47. The van der Waals surface area contributed by atoms with Crippen LogP contribution in [0.4, 0.5) is 11.4 Å². The lowest BCUT2D eigenvalue weighted by Crippen LogP contribution is -2.38. The molecule has 0 aromatic heterocycles. The Balaban J connectivity index is 1.71. The van der Waals surface area contributed by atoms with Crippen molar-refractivity contribution in [3.8, 4) is 0 Å². The average Bonchev–Trinajstić information content (AvgIpc) is 2.88. The van der Waals surface area contributed by atoms with E-state index >= 15 is 0 Å². The van der Waals surface area contributed by atoms with Crippen LogP contribution in [-0.4, -0.2) is 30.9 Å². The molecule has 2 amide bonds. The summed E-state index contributed by atoms with van der Waals surface area (Å²) in [5.41, 5.74) is 1.80. The van der Waals surface area contributed by atoms with Crippen molar-refractivity contribution >= 4 is 52.5 Å². The summed E-state index contributed by atoms with van der Waals surface area (Å²) in [4.78, 5) is 41.5. The Kier molecular flexibility index (Phi) is 6.48. The monoisotopic (exact) mass is 466 g/mol. The van der Waals surface area contributed by atoms with Crippen molar-refractivity contribution in [2.75, 3.05) is 23.4 Å². The quantitative estimate of drug-likeness (QED) is 0.518. The first-order valence-corrected chi connectivity index (χ1v) is 11.1. The molecular formula is C24H19ClN2O4S. The molecule has 0 saturated carbocycles. The van der Waals surface area contributed by atoms with Gasteiger partial charge in [0.15, 0.2) is 0 Å². The summed E-state index contributed by atoms with van der Waals surface area (Å²) in [5.74, 6) is -1.20. The number of nitrogens with one attached hydrogen (secondary N) is 1. The molecule has 32 heavy (non-hydrogen) atoms. The molecule has 0 radical (unpaired) electrons. The number of fused-ring (bicyclic) bond motifs is 2. The Morgan fingerprint density at radius 1 is 1.03 bits per heavy atom. The molecule has 1 N–H and O–H groups in total. The molecule has 1 heterocycles. The number of anilines is 2. The molecule has 0 unspecified atom stereocenters. The van der Waals surface area contributed by atoms with Crippen LogP contribution in [0.1, 0.15) is 27.6 Å². The highest BCUT2D eigenvalue weighted by Crippen LogP contribution is 2.41. The Labute approximate surface area is 194 Å². The van der Waals surface area contributed by atoms with Crippen LogP contribution in [0.15, 0.2) is 76.5 Å². The van der Waals surface area contributed by atoms with Crippen molar-refractivity contribution in [3.05, 3.63) is 82.9 Å². The number of rotatable bonds is 5. The van der Waals surface area contributed by atoms with Gasteiger partial charge in [-0.15, -0.1) is 0 Å². The number of ether oxygens (including phenoxy) is 1. The van der Waals surface area contributed by atoms with E-state index in [1.807, 2.05) is 12.1 Å². The van der Waals surface area contributed by atoms with Crippen LogP contribution in [0, 0.1) is 0 Å². The molecule has 1 aliphatic heterocycles. The molecule has 0 fully saturated rings. The van der Waals surface area contributed by atoms with Crippen LogP contribution in [0.3, 0.4) is 0 Å². The molecule has 0 aliphatic carbocycles.